The van der Waals surface area contributed by atoms with Crippen LogP contribution in [0, 0.1) is 0 Å². The normalized spacial score (nSPS) is 21.8. The Morgan fingerprint density at radius 3 is 2.78 bits per heavy atom. The zero-order valence-electron chi connectivity index (χ0n) is 9.32. The lowest BCUT2D eigenvalue weighted by molar-refractivity contribution is 0.0941. The van der Waals surface area contributed by atoms with Gasteiger partial charge in [-0.15, -0.1) is 0 Å². The molecule has 2 rings (SSSR count). The Balaban J connectivity index is 2.11. The zero-order valence-corrected chi connectivity index (χ0v) is 12.5. The summed E-state index contributed by atoms with van der Waals surface area (Å²) in [5.74, 6) is -0.211. The molecule has 1 amide bonds. The van der Waals surface area contributed by atoms with Gasteiger partial charge in [0.2, 0.25) is 0 Å². The summed E-state index contributed by atoms with van der Waals surface area (Å²) >= 11 is 9.19. The van der Waals surface area contributed by atoms with Crippen molar-refractivity contribution in [2.45, 2.75) is 12.5 Å². The SMILES string of the molecule is O=C(NC1CCS(=O)(=O)C1)c1cc(Br)ccc1Cl. The quantitative estimate of drug-likeness (QED) is 0.885. The minimum absolute atomic E-state index is 0.00433. The maximum Gasteiger partial charge on any atom is 0.253 e. The number of rotatable bonds is 2. The van der Waals surface area contributed by atoms with Gasteiger partial charge in [-0.1, -0.05) is 27.5 Å². The highest BCUT2D eigenvalue weighted by molar-refractivity contribution is 9.10. The van der Waals surface area contributed by atoms with Gasteiger partial charge in [-0.25, -0.2) is 8.42 Å². The molecule has 1 aliphatic heterocycles. The van der Waals surface area contributed by atoms with Gasteiger partial charge in [0, 0.05) is 10.5 Å². The van der Waals surface area contributed by atoms with Crippen molar-refractivity contribution in [3.63, 3.8) is 0 Å². The first kappa shape index (κ1) is 13.8. The number of hydrogen-bond acceptors (Lipinski definition) is 3. The second-order valence-corrected chi connectivity index (χ2v) is 7.75. The van der Waals surface area contributed by atoms with Gasteiger partial charge in [0.1, 0.15) is 0 Å². The third-order valence-electron chi connectivity index (χ3n) is 2.74. The van der Waals surface area contributed by atoms with E-state index in [9.17, 15) is 13.2 Å². The van der Waals surface area contributed by atoms with Crippen LogP contribution in [0.3, 0.4) is 0 Å². The van der Waals surface area contributed by atoms with Crippen LogP contribution in [-0.2, 0) is 9.84 Å². The Kier molecular flexibility index (Phi) is 3.99. The van der Waals surface area contributed by atoms with Crippen molar-refractivity contribution < 1.29 is 13.2 Å². The summed E-state index contributed by atoms with van der Waals surface area (Å²) in [7, 11) is -3.00. The fraction of sp³-hybridized carbons (Fsp3) is 0.364. The van der Waals surface area contributed by atoms with Crippen molar-refractivity contribution in [3.8, 4) is 0 Å². The van der Waals surface area contributed by atoms with Crippen LogP contribution in [0.1, 0.15) is 16.8 Å². The Labute approximate surface area is 119 Å². The number of halogens is 2. The summed E-state index contributed by atoms with van der Waals surface area (Å²) in [5.41, 5.74) is 0.343. The molecule has 0 aliphatic carbocycles. The topological polar surface area (TPSA) is 63.2 Å². The van der Waals surface area contributed by atoms with Gasteiger partial charge < -0.3 is 5.32 Å². The molecule has 18 heavy (non-hydrogen) atoms. The molecule has 0 radical (unpaired) electrons. The monoisotopic (exact) mass is 351 g/mol. The van der Waals surface area contributed by atoms with Crippen LogP contribution in [0.4, 0.5) is 0 Å². The molecular weight excluding hydrogens is 342 g/mol. The van der Waals surface area contributed by atoms with Crippen molar-refractivity contribution in [1.82, 2.24) is 5.32 Å². The average molecular weight is 353 g/mol. The third-order valence-corrected chi connectivity index (χ3v) is 5.33. The van der Waals surface area contributed by atoms with Gasteiger partial charge in [0.15, 0.2) is 9.84 Å². The first-order valence-corrected chi connectivity index (χ1v) is 8.33. The predicted octanol–water partition coefficient (Wildman–Crippen LogP) is 2.02. The highest BCUT2D eigenvalue weighted by atomic mass is 79.9. The second kappa shape index (κ2) is 5.19. The molecule has 0 spiro atoms. The van der Waals surface area contributed by atoms with Crippen LogP contribution < -0.4 is 5.32 Å². The molecule has 1 aromatic rings. The second-order valence-electron chi connectivity index (χ2n) is 4.20. The van der Waals surface area contributed by atoms with E-state index < -0.39 is 9.84 Å². The molecule has 1 unspecified atom stereocenters. The van der Waals surface area contributed by atoms with Crippen LogP contribution in [0.2, 0.25) is 5.02 Å². The van der Waals surface area contributed by atoms with Crippen LogP contribution in [-0.4, -0.2) is 31.9 Å². The highest BCUT2D eigenvalue weighted by Gasteiger charge is 2.29. The summed E-state index contributed by atoms with van der Waals surface area (Å²) in [6.07, 6.45) is 0.458. The third kappa shape index (κ3) is 3.24. The maximum absolute atomic E-state index is 12.0. The van der Waals surface area contributed by atoms with Crippen molar-refractivity contribution in [2.24, 2.45) is 0 Å². The fourth-order valence-electron chi connectivity index (χ4n) is 1.84. The predicted molar refractivity (Wildman–Crippen MR) is 73.7 cm³/mol. The maximum atomic E-state index is 12.0. The Hall–Kier alpha value is -0.590. The number of hydrogen-bond donors (Lipinski definition) is 1. The summed E-state index contributed by atoms with van der Waals surface area (Å²) in [6.45, 7) is 0. The number of carbonyl (C=O) groups excluding carboxylic acids is 1. The molecule has 0 saturated carbocycles. The van der Waals surface area contributed by atoms with E-state index in [0.717, 1.165) is 4.47 Å². The summed E-state index contributed by atoms with van der Waals surface area (Å²) in [4.78, 5) is 12.0. The van der Waals surface area contributed by atoms with Crippen molar-refractivity contribution in [3.05, 3.63) is 33.3 Å². The summed E-state index contributed by atoms with van der Waals surface area (Å²) in [6, 6.07) is 4.64. The van der Waals surface area contributed by atoms with E-state index in [1.54, 1.807) is 18.2 Å². The van der Waals surface area contributed by atoms with E-state index in [0.29, 0.717) is 17.0 Å². The van der Waals surface area contributed by atoms with Crippen molar-refractivity contribution in [1.29, 1.82) is 0 Å². The molecule has 4 nitrogen and oxygen atoms in total. The number of nitrogens with one attached hydrogen (secondary N) is 1. The van der Waals surface area contributed by atoms with E-state index >= 15 is 0 Å². The van der Waals surface area contributed by atoms with Crippen LogP contribution in [0.5, 0.6) is 0 Å². The number of benzene rings is 1. The molecule has 1 saturated heterocycles. The first-order valence-electron chi connectivity index (χ1n) is 5.34. The summed E-state index contributed by atoms with van der Waals surface area (Å²) < 4.78 is 23.3. The molecule has 1 atom stereocenters. The Morgan fingerprint density at radius 1 is 1.44 bits per heavy atom. The molecule has 0 aromatic heterocycles. The first-order chi connectivity index (χ1) is 8.37. The lowest BCUT2D eigenvalue weighted by Gasteiger charge is -2.11. The molecule has 7 heteroatoms. The Bertz CT molecular complexity index is 588. The molecular formula is C11H11BrClNO3S. The molecule has 1 fully saturated rings. The van der Waals surface area contributed by atoms with E-state index in [-0.39, 0.29) is 23.5 Å². The molecule has 0 bridgehead atoms. The number of carbonyl (C=O) groups is 1. The van der Waals surface area contributed by atoms with Gasteiger partial charge in [0.25, 0.3) is 5.91 Å². The van der Waals surface area contributed by atoms with Crippen LogP contribution >= 0.6 is 27.5 Å². The molecule has 1 heterocycles. The van der Waals surface area contributed by atoms with Gasteiger partial charge in [-0.2, -0.15) is 0 Å². The standard InChI is InChI=1S/C11H11BrClNO3S/c12-7-1-2-10(13)9(5-7)11(15)14-8-3-4-18(16,17)6-8/h1-2,5,8H,3-4,6H2,(H,14,15). The van der Waals surface area contributed by atoms with E-state index in [2.05, 4.69) is 21.2 Å². The lowest BCUT2D eigenvalue weighted by atomic mass is 10.2. The fourth-order valence-corrected chi connectivity index (χ4v) is 4.08. The number of amides is 1. The zero-order chi connectivity index (χ0) is 13.3. The molecule has 1 aliphatic rings. The average Bonchev–Trinajstić information content (AvgIpc) is 2.61. The number of sulfone groups is 1. The van der Waals surface area contributed by atoms with Crippen molar-refractivity contribution in [2.75, 3.05) is 11.5 Å². The van der Waals surface area contributed by atoms with Crippen LogP contribution in [0.25, 0.3) is 0 Å². The Morgan fingerprint density at radius 2 is 2.17 bits per heavy atom. The summed E-state index contributed by atoms with van der Waals surface area (Å²) in [5, 5.41) is 3.04. The van der Waals surface area contributed by atoms with Crippen molar-refractivity contribution >= 4 is 43.3 Å². The van der Waals surface area contributed by atoms with Gasteiger partial charge in [-0.3, -0.25) is 4.79 Å². The minimum Gasteiger partial charge on any atom is -0.348 e. The van der Waals surface area contributed by atoms with Crippen LogP contribution in [0.15, 0.2) is 22.7 Å². The minimum atomic E-state index is -3.00. The van der Waals surface area contributed by atoms with Gasteiger partial charge in [0.05, 0.1) is 22.1 Å². The van der Waals surface area contributed by atoms with E-state index in [1.807, 2.05) is 0 Å². The van der Waals surface area contributed by atoms with E-state index in [1.165, 1.54) is 0 Å². The van der Waals surface area contributed by atoms with Gasteiger partial charge in [-0.05, 0) is 24.6 Å². The molecule has 1 N–H and O–H groups in total. The molecule has 98 valence electrons. The smallest absolute Gasteiger partial charge is 0.253 e. The molecule has 1 aromatic carbocycles. The van der Waals surface area contributed by atoms with E-state index in [4.69, 9.17) is 11.6 Å². The largest absolute Gasteiger partial charge is 0.348 e. The highest BCUT2D eigenvalue weighted by Crippen LogP contribution is 2.21. The van der Waals surface area contributed by atoms with Gasteiger partial charge >= 0.3 is 0 Å². The lowest BCUT2D eigenvalue weighted by Crippen LogP contribution is -2.35.